The van der Waals surface area contributed by atoms with Gasteiger partial charge in [0.25, 0.3) is 0 Å². The molecule has 0 spiro atoms. The van der Waals surface area contributed by atoms with Crippen molar-refractivity contribution in [2.24, 2.45) is 0 Å². The van der Waals surface area contributed by atoms with Crippen LogP contribution in [-0.2, 0) is 15.9 Å². The van der Waals surface area contributed by atoms with E-state index in [1.165, 1.54) is 30.3 Å². The molecule has 0 saturated carbocycles. The van der Waals surface area contributed by atoms with Crippen molar-refractivity contribution in [3.8, 4) is 17.2 Å². The van der Waals surface area contributed by atoms with Crippen LogP contribution in [-0.4, -0.2) is 79.5 Å². The van der Waals surface area contributed by atoms with Crippen molar-refractivity contribution in [3.63, 3.8) is 0 Å². The molecule has 5 atom stereocenters. The number of aliphatic hydroxyl groups excluding tert-OH is 3. The van der Waals surface area contributed by atoms with E-state index in [2.05, 4.69) is 0 Å². The monoisotopic (exact) mass is 524 g/mol. The molecule has 0 bridgehead atoms. The highest BCUT2D eigenvalue weighted by Gasteiger charge is 2.46. The second-order valence-corrected chi connectivity index (χ2v) is 9.19. The fourth-order valence-electron chi connectivity index (χ4n) is 4.60. The second-order valence-electron chi connectivity index (χ2n) is 9.19. The van der Waals surface area contributed by atoms with E-state index in [9.17, 15) is 40.2 Å². The van der Waals surface area contributed by atoms with Crippen molar-refractivity contribution in [1.82, 2.24) is 0 Å². The molecule has 1 heterocycles. The van der Waals surface area contributed by atoms with Crippen LogP contribution in [0.3, 0.4) is 0 Å². The van der Waals surface area contributed by atoms with Gasteiger partial charge in [0.2, 0.25) is 0 Å². The largest absolute Gasteiger partial charge is 0.508 e. The summed E-state index contributed by atoms with van der Waals surface area (Å²) in [6.07, 6.45) is -6.55. The Bertz CT molecular complexity index is 1280. The molecule has 200 valence electrons. The molecule has 1 saturated heterocycles. The van der Waals surface area contributed by atoms with Crippen molar-refractivity contribution in [2.45, 2.75) is 43.9 Å². The number of rotatable bonds is 7. The van der Waals surface area contributed by atoms with Gasteiger partial charge in [-0.25, -0.2) is 4.79 Å². The number of ether oxygens (including phenoxy) is 2. The topological polar surface area (TPSA) is 174 Å². The predicted octanol–water partition coefficient (Wildman–Crippen LogP) is 1.59. The Morgan fingerprint density at radius 2 is 1.53 bits per heavy atom. The number of hydrogen-bond donors (Lipinski definition) is 6. The first-order valence-electron chi connectivity index (χ1n) is 11.9. The van der Waals surface area contributed by atoms with Crippen molar-refractivity contribution >= 4 is 11.8 Å². The van der Waals surface area contributed by atoms with Gasteiger partial charge in [-0.3, -0.25) is 4.79 Å². The lowest BCUT2D eigenvalue weighted by Gasteiger charge is -2.41. The number of benzene rings is 3. The van der Waals surface area contributed by atoms with Gasteiger partial charge in [0, 0.05) is 18.1 Å². The summed E-state index contributed by atoms with van der Waals surface area (Å²) in [6, 6.07) is 14.4. The first-order chi connectivity index (χ1) is 18.1. The molecule has 5 unspecified atom stereocenters. The molecule has 1 aliphatic heterocycles. The number of carbonyl (C=O) groups excluding carboxylic acids is 2. The van der Waals surface area contributed by atoms with Crippen molar-refractivity contribution in [3.05, 3.63) is 88.5 Å². The van der Waals surface area contributed by atoms with Crippen LogP contribution in [0.2, 0.25) is 0 Å². The summed E-state index contributed by atoms with van der Waals surface area (Å²) in [5.41, 5.74) is 1.01. The van der Waals surface area contributed by atoms with Crippen LogP contribution in [0.1, 0.15) is 37.4 Å². The molecule has 10 nitrogen and oxygen atoms in total. The van der Waals surface area contributed by atoms with Crippen molar-refractivity contribution in [1.29, 1.82) is 0 Å². The van der Waals surface area contributed by atoms with Gasteiger partial charge in [-0.1, -0.05) is 24.3 Å². The van der Waals surface area contributed by atoms with E-state index < -0.39 is 48.9 Å². The van der Waals surface area contributed by atoms with E-state index in [4.69, 9.17) is 9.47 Å². The molecule has 0 aromatic heterocycles. The number of hydrogen-bond acceptors (Lipinski definition) is 10. The summed E-state index contributed by atoms with van der Waals surface area (Å²) < 4.78 is 11.1. The van der Waals surface area contributed by atoms with Crippen LogP contribution in [0, 0.1) is 6.92 Å². The Morgan fingerprint density at radius 3 is 2.13 bits per heavy atom. The minimum atomic E-state index is -1.56. The van der Waals surface area contributed by atoms with E-state index in [-0.39, 0.29) is 40.4 Å². The quantitative estimate of drug-likeness (QED) is 0.197. The minimum Gasteiger partial charge on any atom is -0.508 e. The third-order valence-corrected chi connectivity index (χ3v) is 6.42. The zero-order chi connectivity index (χ0) is 27.6. The van der Waals surface area contributed by atoms with Gasteiger partial charge in [-0.05, 0) is 48.4 Å². The summed E-state index contributed by atoms with van der Waals surface area (Å²) in [5.74, 6) is -2.36. The van der Waals surface area contributed by atoms with Crippen LogP contribution >= 0.6 is 0 Å². The summed E-state index contributed by atoms with van der Waals surface area (Å²) in [5, 5.41) is 61.3. The maximum atomic E-state index is 12.9. The molecule has 0 radical (unpaired) electrons. The lowest BCUT2D eigenvalue weighted by Crippen LogP contribution is -2.60. The van der Waals surface area contributed by atoms with Gasteiger partial charge < -0.3 is 40.1 Å². The standard InChI is InChI=1S/C28H28O10/c1-14-7-15(8-20(32)23(14)24(33)17-10-18(30)12-19(31)11-17)9-21-25(34)26(35)27(22(13-29)37-21)38-28(36)16-5-3-2-4-6-16/h2-8,10-12,21-22,25-27,29-32,34-35H,9,13H2,1H3. The average Bonchev–Trinajstić information content (AvgIpc) is 2.87. The van der Waals surface area contributed by atoms with E-state index in [0.717, 1.165) is 6.07 Å². The smallest absolute Gasteiger partial charge is 0.338 e. The SMILES string of the molecule is Cc1cc(CC2OC(CO)C(OC(=O)c3ccccc3)C(O)C2O)cc(O)c1C(=O)c1cc(O)cc(O)c1. The van der Waals surface area contributed by atoms with E-state index in [1.54, 1.807) is 31.2 Å². The lowest BCUT2D eigenvalue weighted by molar-refractivity contribution is -0.228. The van der Waals surface area contributed by atoms with E-state index >= 15 is 0 Å². The molecule has 3 aromatic rings. The maximum absolute atomic E-state index is 12.9. The summed E-state index contributed by atoms with van der Waals surface area (Å²) >= 11 is 0. The molecule has 38 heavy (non-hydrogen) atoms. The zero-order valence-electron chi connectivity index (χ0n) is 20.4. The van der Waals surface area contributed by atoms with Crippen molar-refractivity contribution in [2.75, 3.05) is 6.61 Å². The van der Waals surface area contributed by atoms with Gasteiger partial charge in [-0.15, -0.1) is 0 Å². The predicted molar refractivity (Wildman–Crippen MR) is 133 cm³/mol. The van der Waals surface area contributed by atoms with Crippen molar-refractivity contribution < 1.29 is 49.7 Å². The number of esters is 1. The molecule has 1 aliphatic rings. The molecule has 0 amide bonds. The molecule has 3 aromatic carbocycles. The summed E-state index contributed by atoms with van der Waals surface area (Å²) in [7, 11) is 0. The maximum Gasteiger partial charge on any atom is 0.338 e. The Balaban J connectivity index is 1.51. The molecule has 1 fully saturated rings. The highest BCUT2D eigenvalue weighted by atomic mass is 16.6. The summed E-state index contributed by atoms with van der Waals surface area (Å²) in [6.45, 7) is 0.989. The highest BCUT2D eigenvalue weighted by molar-refractivity contribution is 6.12. The first kappa shape index (κ1) is 27.1. The van der Waals surface area contributed by atoms with Crippen LogP contribution < -0.4 is 0 Å². The molecule has 6 N–H and O–H groups in total. The van der Waals surface area contributed by atoms with Crippen LogP contribution in [0.15, 0.2) is 60.7 Å². The van der Waals surface area contributed by atoms with Crippen LogP contribution in [0.4, 0.5) is 0 Å². The summed E-state index contributed by atoms with van der Waals surface area (Å²) in [4.78, 5) is 25.4. The van der Waals surface area contributed by atoms with Gasteiger partial charge in [-0.2, -0.15) is 0 Å². The molecule has 4 rings (SSSR count). The Hall–Kier alpha value is -3.96. The zero-order valence-corrected chi connectivity index (χ0v) is 20.4. The average molecular weight is 525 g/mol. The number of phenols is 3. The van der Waals surface area contributed by atoms with Gasteiger partial charge in [0.15, 0.2) is 11.9 Å². The van der Waals surface area contributed by atoms with Gasteiger partial charge in [0.1, 0.15) is 35.6 Å². The second kappa shape index (κ2) is 11.2. The molecule has 10 heteroatoms. The fourth-order valence-corrected chi connectivity index (χ4v) is 4.60. The number of aryl methyl sites for hydroxylation is 1. The third kappa shape index (κ3) is 5.63. The molecular weight excluding hydrogens is 496 g/mol. The van der Waals surface area contributed by atoms with Gasteiger partial charge >= 0.3 is 5.97 Å². The first-order valence-corrected chi connectivity index (χ1v) is 11.9. The lowest BCUT2D eigenvalue weighted by atomic mass is 9.89. The normalized spacial score (nSPS) is 23.1. The van der Waals surface area contributed by atoms with E-state index in [0.29, 0.717) is 11.1 Å². The Kier molecular flexibility index (Phi) is 7.98. The number of phenolic OH excluding ortho intramolecular Hbond substituents is 3. The Labute approximate surface area is 218 Å². The molecular formula is C28H28O10. The number of aliphatic hydroxyl groups is 3. The fraction of sp³-hybridized carbons (Fsp3) is 0.286. The van der Waals surface area contributed by atoms with Crippen LogP contribution in [0.25, 0.3) is 0 Å². The highest BCUT2D eigenvalue weighted by Crippen LogP contribution is 2.32. The van der Waals surface area contributed by atoms with Crippen LogP contribution in [0.5, 0.6) is 17.2 Å². The third-order valence-electron chi connectivity index (χ3n) is 6.42. The Morgan fingerprint density at radius 1 is 0.868 bits per heavy atom. The van der Waals surface area contributed by atoms with E-state index in [1.807, 2.05) is 0 Å². The van der Waals surface area contributed by atoms with Gasteiger partial charge in [0.05, 0.1) is 23.8 Å². The number of carbonyl (C=O) groups is 2. The molecule has 0 aliphatic carbocycles. The minimum absolute atomic E-state index is 0.0101. The number of aromatic hydroxyl groups is 3. The number of ketones is 1.